The van der Waals surface area contributed by atoms with E-state index in [-0.39, 0.29) is 2.85 Å². The topological polar surface area (TPSA) is 33.8 Å². The molecule has 5 heteroatoms. The van der Waals surface area contributed by atoms with Gasteiger partial charge in [0.2, 0.25) is 0 Å². The van der Waals surface area contributed by atoms with E-state index >= 15 is 0 Å². The molecule has 0 aliphatic heterocycles. The molecule has 0 aliphatic rings. The Morgan fingerprint density at radius 1 is 0.607 bits per heavy atom. The SMILES string of the molecule is CC.CC.CCN(CCNCCNCCN(C)CCN(CC)C(C)C)C(C)C.[HH].[HH]. The summed E-state index contributed by atoms with van der Waals surface area (Å²) < 4.78 is 0. The van der Waals surface area contributed by atoms with Gasteiger partial charge >= 0.3 is 0 Å². The van der Waals surface area contributed by atoms with Gasteiger partial charge in [-0.1, -0.05) is 41.5 Å². The molecule has 0 fully saturated rings. The maximum absolute atomic E-state index is 3.53. The first kappa shape index (κ1) is 32.5. The van der Waals surface area contributed by atoms with Crippen molar-refractivity contribution in [2.45, 2.75) is 81.3 Å². The Hall–Kier alpha value is -0.200. The number of hydrogen-bond donors (Lipinski definition) is 2. The molecule has 0 unspecified atom stereocenters. The zero-order chi connectivity index (χ0) is 22.4. The van der Waals surface area contributed by atoms with E-state index in [1.54, 1.807) is 0 Å². The van der Waals surface area contributed by atoms with E-state index in [2.05, 4.69) is 73.9 Å². The van der Waals surface area contributed by atoms with Gasteiger partial charge in [-0.15, -0.1) is 0 Å². The van der Waals surface area contributed by atoms with Crippen LogP contribution in [0.15, 0.2) is 0 Å². The quantitative estimate of drug-likeness (QED) is 0.376. The monoisotopic (exact) mass is 407 g/mol. The van der Waals surface area contributed by atoms with Crippen molar-refractivity contribution in [3.05, 3.63) is 0 Å². The van der Waals surface area contributed by atoms with Gasteiger partial charge in [0, 0.05) is 67.3 Å². The lowest BCUT2D eigenvalue weighted by molar-refractivity contribution is 0.197. The first-order chi connectivity index (χ1) is 13.4. The smallest absolute Gasteiger partial charge is 0.0112 e. The normalized spacial score (nSPS) is 11.1. The Balaban J connectivity index is -0.000000325. The minimum absolute atomic E-state index is 0. The predicted molar refractivity (Wildman–Crippen MR) is 135 cm³/mol. The molecule has 2 N–H and O–H groups in total. The molecule has 0 aromatic rings. The Morgan fingerprint density at radius 2 is 1.00 bits per heavy atom. The van der Waals surface area contributed by atoms with Crippen LogP contribution in [0.5, 0.6) is 0 Å². The van der Waals surface area contributed by atoms with Crippen LogP contribution in [0.25, 0.3) is 0 Å². The van der Waals surface area contributed by atoms with Gasteiger partial charge in [-0.3, -0.25) is 9.80 Å². The average Bonchev–Trinajstić information content (AvgIpc) is 2.69. The van der Waals surface area contributed by atoms with Gasteiger partial charge in [-0.05, 0) is 47.8 Å². The van der Waals surface area contributed by atoms with Crippen molar-refractivity contribution in [3.63, 3.8) is 0 Å². The second-order valence-electron chi connectivity index (χ2n) is 7.25. The molecule has 0 spiro atoms. The minimum Gasteiger partial charge on any atom is -0.314 e. The third kappa shape index (κ3) is 20.5. The molecule has 0 heterocycles. The van der Waals surface area contributed by atoms with Crippen LogP contribution in [0.4, 0.5) is 0 Å². The molecule has 0 amide bonds. The van der Waals surface area contributed by atoms with Crippen molar-refractivity contribution in [3.8, 4) is 0 Å². The molecular weight excluding hydrogens is 346 g/mol. The van der Waals surface area contributed by atoms with E-state index in [9.17, 15) is 0 Å². The number of nitrogens with one attached hydrogen (secondary N) is 2. The van der Waals surface area contributed by atoms with E-state index in [0.29, 0.717) is 12.1 Å². The van der Waals surface area contributed by atoms with Gasteiger partial charge in [-0.2, -0.15) is 0 Å². The summed E-state index contributed by atoms with van der Waals surface area (Å²) in [5.74, 6) is 0. The first-order valence-electron chi connectivity index (χ1n) is 12.0. The number of hydrogen-bond acceptors (Lipinski definition) is 5. The van der Waals surface area contributed by atoms with Crippen LogP contribution >= 0.6 is 0 Å². The predicted octanol–water partition coefficient (Wildman–Crippen LogP) is 4.10. The Kier molecular flexibility index (Phi) is 28.8. The summed E-state index contributed by atoms with van der Waals surface area (Å²) in [5.41, 5.74) is 0. The molecule has 0 radical (unpaired) electrons. The summed E-state index contributed by atoms with van der Waals surface area (Å²) in [7, 11) is 2.22. The summed E-state index contributed by atoms with van der Waals surface area (Å²) in [6, 6.07) is 1.29. The first-order valence-corrected chi connectivity index (χ1v) is 12.0. The van der Waals surface area contributed by atoms with Gasteiger partial charge in [0.05, 0.1) is 0 Å². The lowest BCUT2D eigenvalue weighted by Gasteiger charge is -2.27. The summed E-state index contributed by atoms with van der Waals surface area (Å²) >= 11 is 0. The fraction of sp³-hybridized carbons (Fsp3) is 1.00. The summed E-state index contributed by atoms with van der Waals surface area (Å²) in [5, 5.41) is 7.06. The maximum Gasteiger partial charge on any atom is 0.0112 e. The molecule has 0 saturated carbocycles. The number of likely N-dealkylation sites (N-methyl/N-ethyl adjacent to an activating group) is 3. The largest absolute Gasteiger partial charge is 0.314 e. The second kappa shape index (κ2) is 24.8. The van der Waals surface area contributed by atoms with Crippen LogP contribution in [-0.4, -0.2) is 99.3 Å². The molecule has 0 rings (SSSR count). The molecular formula is C23H61N5. The van der Waals surface area contributed by atoms with Crippen LogP contribution in [0.2, 0.25) is 0 Å². The van der Waals surface area contributed by atoms with E-state index < -0.39 is 0 Å². The van der Waals surface area contributed by atoms with Crippen LogP contribution in [-0.2, 0) is 0 Å². The highest BCUT2D eigenvalue weighted by atomic mass is 15.2. The second-order valence-corrected chi connectivity index (χ2v) is 7.25. The molecule has 0 aliphatic carbocycles. The maximum atomic E-state index is 3.53. The van der Waals surface area contributed by atoms with Crippen molar-refractivity contribution >= 4 is 0 Å². The molecule has 5 nitrogen and oxygen atoms in total. The average molecular weight is 408 g/mol. The fourth-order valence-corrected chi connectivity index (χ4v) is 2.89. The molecule has 0 bridgehead atoms. The lowest BCUT2D eigenvalue weighted by atomic mass is 10.3. The Morgan fingerprint density at radius 3 is 1.39 bits per heavy atom. The standard InChI is InChI=1S/C19H45N5.2C2H6.2H2/c1-8-23(18(3)4)15-13-21-11-10-20-12-14-22(7)16-17-24(9-2)19(5)6;2*1-2;;/h18-21H,8-17H2,1-7H3;2*1-2H3;2*1H. The third-order valence-electron chi connectivity index (χ3n) is 4.77. The van der Waals surface area contributed by atoms with Crippen molar-refractivity contribution in [2.24, 2.45) is 0 Å². The van der Waals surface area contributed by atoms with Crippen molar-refractivity contribution < 1.29 is 2.85 Å². The van der Waals surface area contributed by atoms with Crippen molar-refractivity contribution in [1.29, 1.82) is 0 Å². The summed E-state index contributed by atoms with van der Waals surface area (Å²) in [6.07, 6.45) is 0. The molecule has 0 aromatic heterocycles. The fourth-order valence-electron chi connectivity index (χ4n) is 2.89. The highest BCUT2D eigenvalue weighted by Crippen LogP contribution is 1.97. The Bertz CT molecular complexity index is 282. The molecule has 28 heavy (non-hydrogen) atoms. The summed E-state index contributed by atoms with van der Waals surface area (Å²) in [4.78, 5) is 7.43. The van der Waals surface area contributed by atoms with Gasteiger partial charge in [0.15, 0.2) is 0 Å². The molecule has 0 aromatic carbocycles. The molecule has 178 valence electrons. The van der Waals surface area contributed by atoms with Crippen molar-refractivity contribution in [2.75, 3.05) is 72.5 Å². The summed E-state index contributed by atoms with van der Waals surface area (Å²) in [6.45, 7) is 32.7. The van der Waals surface area contributed by atoms with Crippen LogP contribution in [0.3, 0.4) is 0 Å². The van der Waals surface area contributed by atoms with E-state index in [0.717, 1.165) is 65.4 Å². The highest BCUT2D eigenvalue weighted by molar-refractivity contribution is 4.65. The van der Waals surface area contributed by atoms with E-state index in [1.165, 1.54) is 0 Å². The molecule has 0 saturated heterocycles. The third-order valence-corrected chi connectivity index (χ3v) is 4.77. The number of nitrogens with zero attached hydrogens (tertiary/aromatic N) is 3. The minimum atomic E-state index is 0. The van der Waals surface area contributed by atoms with Gasteiger partial charge in [-0.25, -0.2) is 0 Å². The highest BCUT2D eigenvalue weighted by Gasteiger charge is 2.08. The zero-order valence-electron chi connectivity index (χ0n) is 21.6. The van der Waals surface area contributed by atoms with Crippen LogP contribution in [0, 0.1) is 0 Å². The van der Waals surface area contributed by atoms with E-state index in [4.69, 9.17) is 0 Å². The lowest BCUT2D eigenvalue weighted by Crippen LogP contribution is -2.40. The van der Waals surface area contributed by atoms with Gasteiger partial charge in [0.25, 0.3) is 0 Å². The number of rotatable bonds is 16. The van der Waals surface area contributed by atoms with Gasteiger partial charge < -0.3 is 15.5 Å². The van der Waals surface area contributed by atoms with Gasteiger partial charge in [0.1, 0.15) is 0 Å². The van der Waals surface area contributed by atoms with Crippen molar-refractivity contribution in [1.82, 2.24) is 25.3 Å². The van der Waals surface area contributed by atoms with Crippen LogP contribution in [0.1, 0.15) is 72.1 Å². The Labute approximate surface area is 182 Å². The zero-order valence-corrected chi connectivity index (χ0v) is 21.6. The molecule has 0 atom stereocenters. The van der Waals surface area contributed by atoms with E-state index in [1.807, 2.05) is 27.7 Å². The van der Waals surface area contributed by atoms with Crippen LogP contribution < -0.4 is 10.6 Å².